The van der Waals surface area contributed by atoms with Crippen LogP contribution in [0.15, 0.2) is 89.5 Å². The predicted octanol–water partition coefficient (Wildman–Crippen LogP) is 5.43. The van der Waals surface area contributed by atoms with E-state index in [2.05, 4.69) is 11.4 Å². The summed E-state index contributed by atoms with van der Waals surface area (Å²) < 4.78 is 0. The Morgan fingerprint density at radius 2 is 1.71 bits per heavy atom. The fourth-order valence-corrected chi connectivity index (χ4v) is 5.24. The van der Waals surface area contributed by atoms with Crippen molar-refractivity contribution in [1.82, 2.24) is 5.32 Å². The molecular weight excluding hydrogens is 478 g/mol. The van der Waals surface area contributed by atoms with Gasteiger partial charge in [0.1, 0.15) is 16.7 Å². The van der Waals surface area contributed by atoms with Crippen molar-refractivity contribution in [2.75, 3.05) is 11.4 Å². The van der Waals surface area contributed by atoms with Crippen molar-refractivity contribution >= 4 is 40.9 Å². The van der Waals surface area contributed by atoms with Crippen LogP contribution >= 0.6 is 23.4 Å². The second-order valence-corrected chi connectivity index (χ2v) is 9.86. The lowest BCUT2D eigenvalue weighted by Crippen LogP contribution is -2.32. The smallest absolute Gasteiger partial charge is 0.264 e. The van der Waals surface area contributed by atoms with Crippen molar-refractivity contribution in [3.05, 3.63) is 111 Å². The van der Waals surface area contributed by atoms with Gasteiger partial charge in [0.2, 0.25) is 5.91 Å². The van der Waals surface area contributed by atoms with Crippen LogP contribution in [0.2, 0.25) is 5.02 Å². The van der Waals surface area contributed by atoms with Gasteiger partial charge in [-0.2, -0.15) is 5.26 Å². The Labute approximate surface area is 214 Å². The standard InChI is InChI=1S/C28H24ClN3O2S/c1-19-7-13-23(14-8-19)32-27(34)25(17-21-9-11-22(29)12-10-21)35-28(32)24(18-30)26(33)31-16-15-20-5-3-2-4-6-20/h2-14,25H,15-17H2,1H3,(H,31,33)/b28-24-. The molecule has 1 N–H and O–H groups in total. The minimum atomic E-state index is -0.483. The fourth-order valence-electron chi connectivity index (χ4n) is 3.80. The first-order valence-corrected chi connectivity index (χ1v) is 12.5. The fraction of sp³-hybridized carbons (Fsp3) is 0.179. The molecule has 0 saturated carbocycles. The van der Waals surface area contributed by atoms with Crippen molar-refractivity contribution < 1.29 is 9.59 Å². The number of anilines is 1. The van der Waals surface area contributed by atoms with E-state index in [1.807, 2.05) is 73.7 Å². The number of thioether (sulfide) groups is 1. The maximum Gasteiger partial charge on any atom is 0.264 e. The summed E-state index contributed by atoms with van der Waals surface area (Å²) in [5.41, 5.74) is 3.67. The second-order valence-electron chi connectivity index (χ2n) is 8.23. The monoisotopic (exact) mass is 501 g/mol. The Morgan fingerprint density at radius 3 is 2.37 bits per heavy atom. The first-order valence-electron chi connectivity index (χ1n) is 11.2. The van der Waals surface area contributed by atoms with Gasteiger partial charge in [0.15, 0.2) is 0 Å². The number of nitriles is 1. The molecule has 1 unspecified atom stereocenters. The van der Waals surface area contributed by atoms with Gasteiger partial charge in [0.05, 0.1) is 5.25 Å². The molecule has 2 amide bonds. The first kappa shape index (κ1) is 24.6. The van der Waals surface area contributed by atoms with Gasteiger partial charge in [-0.1, -0.05) is 83.5 Å². The number of benzene rings is 3. The van der Waals surface area contributed by atoms with Gasteiger partial charge in [-0.3, -0.25) is 14.5 Å². The first-order chi connectivity index (χ1) is 17.0. The molecule has 1 heterocycles. The van der Waals surface area contributed by atoms with Gasteiger partial charge in [-0.25, -0.2) is 0 Å². The van der Waals surface area contributed by atoms with Gasteiger partial charge < -0.3 is 5.32 Å². The van der Waals surface area contributed by atoms with Gasteiger partial charge in [0.25, 0.3) is 5.91 Å². The number of nitrogens with one attached hydrogen (secondary N) is 1. The van der Waals surface area contributed by atoms with Crippen molar-refractivity contribution in [2.45, 2.75) is 25.0 Å². The van der Waals surface area contributed by atoms with E-state index < -0.39 is 11.2 Å². The highest BCUT2D eigenvalue weighted by Gasteiger charge is 2.40. The zero-order chi connectivity index (χ0) is 24.8. The minimum Gasteiger partial charge on any atom is -0.351 e. The molecule has 0 spiro atoms. The van der Waals surface area contributed by atoms with Crippen molar-refractivity contribution in [2.24, 2.45) is 0 Å². The van der Waals surface area contributed by atoms with Crippen molar-refractivity contribution in [3.63, 3.8) is 0 Å². The van der Waals surface area contributed by atoms with Gasteiger partial charge in [0, 0.05) is 17.3 Å². The number of hydrogen-bond donors (Lipinski definition) is 1. The Kier molecular flexibility index (Phi) is 7.91. The van der Waals surface area contributed by atoms with Crippen molar-refractivity contribution in [3.8, 4) is 6.07 Å². The SMILES string of the molecule is Cc1ccc(N2C(=O)C(Cc3ccc(Cl)cc3)S/C2=C(/C#N)C(=O)NCCc2ccccc2)cc1. The number of halogens is 1. The van der Waals surface area contributed by atoms with Crippen LogP contribution in [0.3, 0.4) is 0 Å². The molecule has 35 heavy (non-hydrogen) atoms. The Morgan fingerprint density at radius 1 is 1.03 bits per heavy atom. The summed E-state index contributed by atoms with van der Waals surface area (Å²) in [6.45, 7) is 2.35. The Bertz CT molecular complexity index is 1280. The molecule has 1 saturated heterocycles. The molecule has 7 heteroatoms. The normalized spacial score (nSPS) is 16.7. The highest BCUT2D eigenvalue weighted by Crippen LogP contribution is 2.42. The summed E-state index contributed by atoms with van der Waals surface area (Å²) in [5, 5.41) is 13.3. The summed E-state index contributed by atoms with van der Waals surface area (Å²) in [4.78, 5) is 28.1. The molecule has 1 aliphatic heterocycles. The summed E-state index contributed by atoms with van der Waals surface area (Å²) in [5.74, 6) is -0.642. The highest BCUT2D eigenvalue weighted by molar-refractivity contribution is 8.05. The van der Waals surface area contributed by atoms with Crippen LogP contribution in [-0.4, -0.2) is 23.6 Å². The van der Waals surface area contributed by atoms with E-state index in [1.165, 1.54) is 16.7 Å². The van der Waals surface area contributed by atoms with E-state index in [-0.39, 0.29) is 11.5 Å². The lowest BCUT2D eigenvalue weighted by Gasteiger charge is -2.19. The van der Waals surface area contributed by atoms with Crippen LogP contribution in [-0.2, 0) is 22.4 Å². The van der Waals surface area contributed by atoms with E-state index in [4.69, 9.17) is 11.6 Å². The molecule has 3 aromatic rings. The number of rotatable bonds is 7. The molecule has 1 aliphatic rings. The van der Waals surface area contributed by atoms with E-state index >= 15 is 0 Å². The van der Waals surface area contributed by atoms with Gasteiger partial charge in [-0.15, -0.1) is 0 Å². The number of aryl methyl sites for hydroxylation is 1. The van der Waals surface area contributed by atoms with E-state index in [1.54, 1.807) is 12.1 Å². The number of hydrogen-bond acceptors (Lipinski definition) is 4. The van der Waals surface area contributed by atoms with Crippen LogP contribution in [0.5, 0.6) is 0 Å². The number of carbonyl (C=O) groups is 2. The molecule has 0 aliphatic carbocycles. The van der Waals surface area contributed by atoms with E-state index in [9.17, 15) is 14.9 Å². The molecule has 0 bridgehead atoms. The van der Waals surface area contributed by atoms with Crippen LogP contribution in [0.4, 0.5) is 5.69 Å². The van der Waals surface area contributed by atoms with E-state index in [0.29, 0.717) is 35.1 Å². The largest absolute Gasteiger partial charge is 0.351 e. The molecule has 1 atom stereocenters. The minimum absolute atomic E-state index is 0.0596. The molecule has 0 radical (unpaired) electrons. The molecular formula is C28H24ClN3O2S. The Hall–Kier alpha value is -3.53. The zero-order valence-electron chi connectivity index (χ0n) is 19.2. The lowest BCUT2D eigenvalue weighted by atomic mass is 10.1. The molecule has 5 nitrogen and oxygen atoms in total. The number of carbonyl (C=O) groups excluding carboxylic acids is 2. The molecule has 4 rings (SSSR count). The molecule has 0 aromatic heterocycles. The zero-order valence-corrected chi connectivity index (χ0v) is 20.8. The maximum atomic E-state index is 13.5. The predicted molar refractivity (Wildman–Crippen MR) is 141 cm³/mol. The molecule has 3 aromatic carbocycles. The number of amides is 2. The quantitative estimate of drug-likeness (QED) is 0.346. The second kappa shape index (κ2) is 11.3. The van der Waals surface area contributed by atoms with Crippen LogP contribution in [0.1, 0.15) is 16.7 Å². The average molecular weight is 502 g/mol. The molecule has 1 fully saturated rings. The van der Waals surface area contributed by atoms with Crippen LogP contribution in [0.25, 0.3) is 0 Å². The summed E-state index contributed by atoms with van der Waals surface area (Å²) >= 11 is 7.26. The average Bonchev–Trinajstić information content (AvgIpc) is 3.17. The number of nitrogens with zero attached hydrogens (tertiary/aromatic N) is 2. The highest BCUT2D eigenvalue weighted by atomic mass is 35.5. The lowest BCUT2D eigenvalue weighted by molar-refractivity contribution is -0.117. The van der Waals surface area contributed by atoms with Crippen molar-refractivity contribution in [1.29, 1.82) is 5.26 Å². The van der Waals surface area contributed by atoms with E-state index in [0.717, 1.165) is 16.7 Å². The Balaban J connectivity index is 1.61. The maximum absolute atomic E-state index is 13.5. The third-order valence-electron chi connectivity index (χ3n) is 5.67. The summed E-state index contributed by atoms with van der Waals surface area (Å²) in [7, 11) is 0. The van der Waals surface area contributed by atoms with Crippen LogP contribution in [0, 0.1) is 18.3 Å². The third kappa shape index (κ3) is 5.94. The molecule has 176 valence electrons. The topological polar surface area (TPSA) is 73.2 Å². The van der Waals surface area contributed by atoms with Gasteiger partial charge >= 0.3 is 0 Å². The summed E-state index contributed by atoms with van der Waals surface area (Å²) in [6.07, 6.45) is 1.11. The third-order valence-corrected chi connectivity index (χ3v) is 7.19. The van der Waals surface area contributed by atoms with Crippen LogP contribution < -0.4 is 10.2 Å². The van der Waals surface area contributed by atoms with Gasteiger partial charge in [-0.05, 0) is 55.2 Å². The summed E-state index contributed by atoms with van der Waals surface area (Å²) in [6, 6.07) is 26.7.